The zero-order valence-corrected chi connectivity index (χ0v) is 14.0. The number of sulfone groups is 1. The lowest BCUT2D eigenvalue weighted by Crippen LogP contribution is -2.22. The van der Waals surface area contributed by atoms with Gasteiger partial charge in [-0.2, -0.15) is 0 Å². The number of primary sulfonamides is 1. The van der Waals surface area contributed by atoms with E-state index in [2.05, 4.69) is 0 Å². The molecule has 4 N–H and O–H groups in total. The number of rotatable bonds is 5. The van der Waals surface area contributed by atoms with Crippen molar-refractivity contribution in [2.45, 2.75) is 33.8 Å². The minimum Gasteiger partial charge on any atom is -0.457 e. The van der Waals surface area contributed by atoms with Crippen molar-refractivity contribution < 1.29 is 26.4 Å². The maximum absolute atomic E-state index is 12.0. The highest BCUT2D eigenvalue weighted by Gasteiger charge is 2.36. The molecule has 0 fully saturated rings. The van der Waals surface area contributed by atoms with Gasteiger partial charge in [-0.3, -0.25) is 4.79 Å². The SMILES string of the molecule is NCCCC(=O)OC1CCS(=O)(=O)c2sc(S(N)(=O)=O)cc21. The first-order valence-corrected chi connectivity index (χ1v) is 10.5. The molecule has 2 rings (SSSR count). The highest BCUT2D eigenvalue weighted by atomic mass is 32.3. The molecule has 0 aliphatic carbocycles. The zero-order chi connectivity index (χ0) is 16.5. The first-order valence-electron chi connectivity index (χ1n) is 6.44. The number of carbonyl (C=O) groups excluding carboxylic acids is 1. The summed E-state index contributed by atoms with van der Waals surface area (Å²) in [4.78, 5) is 11.7. The van der Waals surface area contributed by atoms with Crippen molar-refractivity contribution in [3.8, 4) is 0 Å². The molecular weight excluding hydrogens is 352 g/mol. The number of hydrogen-bond donors (Lipinski definition) is 2. The number of nitrogens with two attached hydrogens (primary N) is 2. The van der Waals surface area contributed by atoms with Gasteiger partial charge in [0.1, 0.15) is 14.5 Å². The van der Waals surface area contributed by atoms with E-state index < -0.39 is 31.9 Å². The van der Waals surface area contributed by atoms with Gasteiger partial charge in [-0.15, -0.1) is 11.3 Å². The normalized spacial score (nSPS) is 20.4. The van der Waals surface area contributed by atoms with Crippen molar-refractivity contribution in [2.75, 3.05) is 12.3 Å². The van der Waals surface area contributed by atoms with Crippen molar-refractivity contribution in [1.29, 1.82) is 0 Å². The molecule has 0 radical (unpaired) electrons. The van der Waals surface area contributed by atoms with Crippen LogP contribution in [-0.4, -0.2) is 35.1 Å². The van der Waals surface area contributed by atoms with Crippen LogP contribution in [0.2, 0.25) is 0 Å². The number of sulfonamides is 1. The Hall–Kier alpha value is -1.01. The summed E-state index contributed by atoms with van der Waals surface area (Å²) >= 11 is 0.586. The summed E-state index contributed by atoms with van der Waals surface area (Å²) in [5.74, 6) is -0.705. The Balaban J connectivity index is 2.35. The molecule has 0 bridgehead atoms. The third-order valence-electron chi connectivity index (χ3n) is 3.12. The Morgan fingerprint density at radius 1 is 1.45 bits per heavy atom. The first kappa shape index (κ1) is 17.3. The second kappa shape index (κ2) is 6.24. The van der Waals surface area contributed by atoms with Gasteiger partial charge in [0.2, 0.25) is 10.0 Å². The van der Waals surface area contributed by atoms with Gasteiger partial charge < -0.3 is 10.5 Å². The molecule has 1 unspecified atom stereocenters. The van der Waals surface area contributed by atoms with Crippen LogP contribution in [0.1, 0.15) is 30.9 Å². The third kappa shape index (κ3) is 3.66. The van der Waals surface area contributed by atoms with E-state index in [4.69, 9.17) is 15.6 Å². The van der Waals surface area contributed by atoms with Crippen LogP contribution in [-0.2, 0) is 29.4 Å². The minimum absolute atomic E-state index is 0.0878. The summed E-state index contributed by atoms with van der Waals surface area (Å²) in [5.41, 5.74) is 5.49. The van der Waals surface area contributed by atoms with E-state index in [0.29, 0.717) is 24.3 Å². The Bertz CT molecular complexity index is 781. The summed E-state index contributed by atoms with van der Waals surface area (Å²) in [5, 5.41) is 5.04. The lowest BCUT2D eigenvalue weighted by Gasteiger charge is -2.22. The Labute approximate surface area is 132 Å². The van der Waals surface area contributed by atoms with Crippen LogP contribution in [0.15, 0.2) is 14.5 Å². The number of thiophene rings is 1. The first-order chi connectivity index (χ1) is 10.1. The van der Waals surface area contributed by atoms with Gasteiger partial charge in [0, 0.05) is 18.4 Å². The van der Waals surface area contributed by atoms with Gasteiger partial charge >= 0.3 is 5.97 Å². The standard InChI is InChI=1S/C11H16N2O6S3/c12-4-1-2-9(14)19-8-3-5-21(15,16)11-7(8)6-10(20-11)22(13,17)18/h6,8H,1-5,12H2,(H2,13,17,18). The molecule has 1 aliphatic heterocycles. The molecule has 0 spiro atoms. The van der Waals surface area contributed by atoms with Crippen molar-refractivity contribution in [2.24, 2.45) is 10.9 Å². The smallest absolute Gasteiger partial charge is 0.306 e. The van der Waals surface area contributed by atoms with E-state index in [-0.39, 0.29) is 32.6 Å². The lowest BCUT2D eigenvalue weighted by molar-refractivity contribution is -0.149. The van der Waals surface area contributed by atoms with E-state index in [1.807, 2.05) is 0 Å². The van der Waals surface area contributed by atoms with Gasteiger partial charge in [-0.05, 0) is 19.0 Å². The van der Waals surface area contributed by atoms with Crippen molar-refractivity contribution >= 4 is 37.2 Å². The van der Waals surface area contributed by atoms with Crippen LogP contribution in [0.4, 0.5) is 0 Å². The number of esters is 1. The quantitative estimate of drug-likeness (QED) is 0.689. The summed E-state index contributed by atoms with van der Waals surface area (Å²) in [6.07, 6.45) is -0.107. The van der Waals surface area contributed by atoms with E-state index in [1.54, 1.807) is 0 Å². The van der Waals surface area contributed by atoms with Gasteiger partial charge in [-0.25, -0.2) is 22.0 Å². The van der Waals surface area contributed by atoms with Gasteiger partial charge in [0.15, 0.2) is 9.84 Å². The Kier molecular flexibility index (Phi) is 4.92. The van der Waals surface area contributed by atoms with Crippen LogP contribution in [0.5, 0.6) is 0 Å². The van der Waals surface area contributed by atoms with Gasteiger partial charge in [-0.1, -0.05) is 0 Å². The number of fused-ring (bicyclic) bond motifs is 1. The molecule has 0 saturated heterocycles. The highest BCUT2D eigenvalue weighted by molar-refractivity contribution is 7.95. The molecule has 124 valence electrons. The van der Waals surface area contributed by atoms with Gasteiger partial charge in [0.05, 0.1) is 5.75 Å². The molecule has 1 atom stereocenters. The molecule has 2 heterocycles. The van der Waals surface area contributed by atoms with E-state index in [1.165, 1.54) is 6.07 Å². The molecule has 8 nitrogen and oxygen atoms in total. The topological polar surface area (TPSA) is 147 Å². The molecule has 22 heavy (non-hydrogen) atoms. The minimum atomic E-state index is -4.02. The summed E-state index contributed by atoms with van der Waals surface area (Å²) in [7, 11) is -7.60. The van der Waals surface area contributed by atoms with E-state index >= 15 is 0 Å². The number of hydrogen-bond acceptors (Lipinski definition) is 8. The van der Waals surface area contributed by atoms with Crippen LogP contribution in [0.25, 0.3) is 0 Å². The molecule has 1 aromatic heterocycles. The molecular formula is C11H16N2O6S3. The Morgan fingerprint density at radius 2 is 2.14 bits per heavy atom. The van der Waals surface area contributed by atoms with Crippen LogP contribution in [0.3, 0.4) is 0 Å². The molecule has 11 heteroatoms. The second-order valence-electron chi connectivity index (χ2n) is 4.83. The monoisotopic (exact) mass is 368 g/mol. The van der Waals surface area contributed by atoms with Crippen LogP contribution < -0.4 is 10.9 Å². The molecule has 1 aromatic rings. The summed E-state index contributed by atoms with van der Waals surface area (Å²) in [6.45, 7) is 0.341. The van der Waals surface area contributed by atoms with Crippen LogP contribution in [0, 0.1) is 0 Å². The Morgan fingerprint density at radius 3 is 2.73 bits per heavy atom. The molecule has 0 amide bonds. The maximum atomic E-state index is 12.0. The largest absolute Gasteiger partial charge is 0.457 e. The maximum Gasteiger partial charge on any atom is 0.306 e. The molecule has 0 aromatic carbocycles. The fourth-order valence-corrected chi connectivity index (χ4v) is 6.20. The fourth-order valence-electron chi connectivity index (χ4n) is 2.07. The predicted molar refractivity (Wildman–Crippen MR) is 79.5 cm³/mol. The number of ether oxygens (including phenoxy) is 1. The molecule has 0 saturated carbocycles. The third-order valence-corrected chi connectivity index (χ3v) is 8.07. The predicted octanol–water partition coefficient (Wildman–Crippen LogP) is -0.104. The highest BCUT2D eigenvalue weighted by Crippen LogP contribution is 2.41. The van der Waals surface area contributed by atoms with E-state index in [9.17, 15) is 21.6 Å². The molecule has 1 aliphatic rings. The van der Waals surface area contributed by atoms with Crippen molar-refractivity contribution in [3.05, 3.63) is 11.6 Å². The van der Waals surface area contributed by atoms with Crippen LogP contribution >= 0.6 is 11.3 Å². The fraction of sp³-hybridized carbons (Fsp3) is 0.545. The summed E-state index contributed by atoms with van der Waals surface area (Å²) < 4.78 is 51.8. The van der Waals surface area contributed by atoms with Gasteiger partial charge in [0.25, 0.3) is 0 Å². The average molecular weight is 368 g/mol. The summed E-state index contributed by atoms with van der Waals surface area (Å²) in [6, 6.07) is 1.17. The van der Waals surface area contributed by atoms with Crippen molar-refractivity contribution in [3.63, 3.8) is 0 Å². The number of carbonyl (C=O) groups is 1. The van der Waals surface area contributed by atoms with E-state index in [0.717, 1.165) is 0 Å². The average Bonchev–Trinajstić information content (AvgIpc) is 2.86. The second-order valence-corrected chi connectivity index (χ2v) is 9.98. The lowest BCUT2D eigenvalue weighted by atomic mass is 10.1. The zero-order valence-electron chi connectivity index (χ0n) is 11.5. The van der Waals surface area contributed by atoms with Crippen molar-refractivity contribution in [1.82, 2.24) is 0 Å².